The molecule has 0 bridgehead atoms. The van der Waals surface area contributed by atoms with Crippen molar-refractivity contribution in [1.82, 2.24) is 14.8 Å². The molecule has 222 valence electrons. The number of hydrogen-bond acceptors (Lipinski definition) is 6. The third-order valence-corrected chi connectivity index (χ3v) is 6.60. The molecule has 1 aromatic heterocycles. The van der Waals surface area contributed by atoms with E-state index in [1.807, 2.05) is 12.3 Å². The van der Waals surface area contributed by atoms with Crippen LogP contribution in [0.1, 0.15) is 30.5 Å². The van der Waals surface area contributed by atoms with Crippen molar-refractivity contribution in [2.45, 2.75) is 44.7 Å². The minimum Gasteiger partial charge on any atom is -0.497 e. The van der Waals surface area contributed by atoms with Crippen molar-refractivity contribution in [1.29, 1.82) is 0 Å². The number of rotatable bonds is 5. The summed E-state index contributed by atoms with van der Waals surface area (Å²) in [5.74, 6) is -4.58. The highest BCUT2D eigenvalue weighted by molar-refractivity contribution is 5.73. The van der Waals surface area contributed by atoms with Crippen molar-refractivity contribution >= 4 is 11.9 Å². The molecular weight excluding hydrogens is 548 g/mol. The molecule has 4 rings (SSSR count). The van der Waals surface area contributed by atoms with E-state index in [1.165, 1.54) is 56.7 Å². The average Bonchev–Trinajstić information content (AvgIpc) is 3.28. The average molecular weight is 580 g/mol. The number of carboxylic acid groups (broad SMARTS) is 2. The Morgan fingerprint density at radius 3 is 1.77 bits per heavy atom. The van der Waals surface area contributed by atoms with Gasteiger partial charge in [-0.2, -0.15) is 26.3 Å². The van der Waals surface area contributed by atoms with E-state index in [9.17, 15) is 26.3 Å². The van der Waals surface area contributed by atoms with Gasteiger partial charge < -0.3 is 14.9 Å². The van der Waals surface area contributed by atoms with E-state index in [1.54, 1.807) is 7.11 Å². The molecule has 3 heterocycles. The molecule has 8 nitrogen and oxygen atoms in total. The van der Waals surface area contributed by atoms with Crippen LogP contribution in [0.25, 0.3) is 0 Å². The fourth-order valence-electron chi connectivity index (χ4n) is 4.47. The second kappa shape index (κ2) is 14.3. The van der Waals surface area contributed by atoms with Crippen LogP contribution in [0.5, 0.6) is 5.75 Å². The van der Waals surface area contributed by atoms with Crippen molar-refractivity contribution in [2.24, 2.45) is 5.41 Å². The fraction of sp³-hybridized carbons (Fsp3) is 0.500. The SMILES string of the molecule is COc1ccc(CN2CCC3(CCN(Cc4ccccn4)CC3)C2)cc1.O=C(O)C(F)(F)F.O=C(O)C(F)(F)F. The maximum absolute atomic E-state index is 10.6. The second-order valence-electron chi connectivity index (χ2n) is 9.51. The van der Waals surface area contributed by atoms with Gasteiger partial charge in [-0.05, 0) is 74.1 Å². The number of pyridine rings is 1. The number of nitrogens with zero attached hydrogens (tertiary/aromatic N) is 3. The number of likely N-dealkylation sites (tertiary alicyclic amines) is 2. The van der Waals surface area contributed by atoms with Gasteiger partial charge in [-0.25, -0.2) is 9.59 Å². The minimum atomic E-state index is -5.08. The largest absolute Gasteiger partial charge is 0.497 e. The third-order valence-electron chi connectivity index (χ3n) is 6.60. The van der Waals surface area contributed by atoms with Gasteiger partial charge in [0.1, 0.15) is 5.75 Å². The number of hydrogen-bond donors (Lipinski definition) is 2. The summed E-state index contributed by atoms with van der Waals surface area (Å²) in [6.45, 7) is 6.93. The van der Waals surface area contributed by atoms with Crippen LogP contribution in [0.2, 0.25) is 0 Å². The summed E-state index contributed by atoms with van der Waals surface area (Å²) in [4.78, 5) is 27.5. The molecule has 2 aliphatic heterocycles. The van der Waals surface area contributed by atoms with E-state index in [-0.39, 0.29) is 0 Å². The van der Waals surface area contributed by atoms with Gasteiger partial charge in [0.25, 0.3) is 0 Å². The number of methoxy groups -OCH3 is 1. The number of ether oxygens (including phenoxy) is 1. The molecule has 1 spiro atoms. The van der Waals surface area contributed by atoms with Crippen LogP contribution >= 0.6 is 0 Å². The number of aromatic nitrogens is 1. The number of halogens is 6. The van der Waals surface area contributed by atoms with E-state index in [4.69, 9.17) is 24.5 Å². The molecule has 1 aromatic carbocycles. The lowest BCUT2D eigenvalue weighted by Crippen LogP contribution is -2.41. The Balaban J connectivity index is 0.000000333. The van der Waals surface area contributed by atoms with Crippen LogP contribution in [-0.2, 0) is 22.7 Å². The van der Waals surface area contributed by atoms with Gasteiger partial charge in [-0.1, -0.05) is 18.2 Å². The standard InChI is InChI=1S/C22H29N3O.2C2HF3O2/c1-26-21-7-5-19(6-8-21)16-25-15-11-22(18-25)9-13-24(14-10-22)17-20-4-2-3-12-23-20;2*3-2(4,5)1(6)7/h2-8,12H,9-11,13-18H2,1H3;2*(H,6,7). The van der Waals surface area contributed by atoms with Crippen LogP contribution in [0, 0.1) is 5.41 Å². The predicted octanol–water partition coefficient (Wildman–Crippen LogP) is 4.84. The molecule has 0 saturated carbocycles. The zero-order chi connectivity index (χ0) is 30.0. The second-order valence-corrected chi connectivity index (χ2v) is 9.51. The van der Waals surface area contributed by atoms with E-state index in [0.29, 0.717) is 5.41 Å². The van der Waals surface area contributed by atoms with E-state index in [0.717, 1.165) is 18.8 Å². The van der Waals surface area contributed by atoms with Gasteiger partial charge in [0.15, 0.2) is 0 Å². The van der Waals surface area contributed by atoms with Crippen LogP contribution in [0.15, 0.2) is 48.7 Å². The maximum Gasteiger partial charge on any atom is 0.490 e. The molecule has 0 radical (unpaired) electrons. The number of aliphatic carboxylic acids is 2. The van der Waals surface area contributed by atoms with E-state index >= 15 is 0 Å². The van der Waals surface area contributed by atoms with Gasteiger partial charge in [-0.3, -0.25) is 14.8 Å². The Bertz CT molecular complexity index is 1050. The van der Waals surface area contributed by atoms with Gasteiger partial charge >= 0.3 is 24.3 Å². The van der Waals surface area contributed by atoms with Crippen molar-refractivity contribution < 1.29 is 50.9 Å². The van der Waals surface area contributed by atoms with Crippen molar-refractivity contribution in [3.05, 3.63) is 59.9 Å². The van der Waals surface area contributed by atoms with E-state index < -0.39 is 24.3 Å². The Morgan fingerprint density at radius 1 is 0.850 bits per heavy atom. The number of alkyl halides is 6. The smallest absolute Gasteiger partial charge is 0.490 e. The molecule has 0 aliphatic carbocycles. The normalized spacial score (nSPS) is 17.3. The zero-order valence-corrected chi connectivity index (χ0v) is 21.7. The lowest BCUT2D eigenvalue weighted by Gasteiger charge is -2.39. The molecule has 2 saturated heterocycles. The Hall–Kier alpha value is -3.39. The lowest BCUT2D eigenvalue weighted by molar-refractivity contribution is -0.193. The third kappa shape index (κ3) is 11.0. The maximum atomic E-state index is 10.6. The molecule has 2 N–H and O–H groups in total. The van der Waals surface area contributed by atoms with E-state index in [2.05, 4.69) is 51.2 Å². The molecular formula is C26H31F6N3O5. The first-order chi connectivity index (χ1) is 18.6. The number of piperidine rings is 1. The molecule has 0 unspecified atom stereocenters. The van der Waals surface area contributed by atoms with Gasteiger partial charge in [0.2, 0.25) is 0 Å². The highest BCUT2D eigenvalue weighted by Gasteiger charge is 2.40. The van der Waals surface area contributed by atoms with Crippen molar-refractivity contribution in [3.8, 4) is 5.75 Å². The van der Waals surface area contributed by atoms with Gasteiger partial charge in [0, 0.05) is 25.8 Å². The Kier molecular flexibility index (Phi) is 11.7. The Labute approximate surface area is 227 Å². The van der Waals surface area contributed by atoms with Crippen LogP contribution in [0.4, 0.5) is 26.3 Å². The molecule has 14 heteroatoms. The minimum absolute atomic E-state index is 0.535. The quantitative estimate of drug-likeness (QED) is 0.485. The lowest BCUT2D eigenvalue weighted by atomic mass is 9.78. The summed E-state index contributed by atoms with van der Waals surface area (Å²) in [6.07, 6.45) is -4.28. The van der Waals surface area contributed by atoms with Crippen LogP contribution in [-0.4, -0.2) is 82.6 Å². The Morgan fingerprint density at radius 2 is 1.35 bits per heavy atom. The summed E-state index contributed by atoms with van der Waals surface area (Å²) < 4.78 is 68.7. The molecule has 40 heavy (non-hydrogen) atoms. The molecule has 0 atom stereocenters. The van der Waals surface area contributed by atoms with Gasteiger partial charge in [-0.15, -0.1) is 0 Å². The zero-order valence-electron chi connectivity index (χ0n) is 21.7. The monoisotopic (exact) mass is 579 g/mol. The molecule has 2 fully saturated rings. The van der Waals surface area contributed by atoms with Crippen LogP contribution < -0.4 is 4.74 Å². The number of benzene rings is 1. The summed E-state index contributed by atoms with van der Waals surface area (Å²) in [7, 11) is 1.72. The summed E-state index contributed by atoms with van der Waals surface area (Å²) in [6, 6.07) is 14.7. The van der Waals surface area contributed by atoms with Crippen molar-refractivity contribution in [3.63, 3.8) is 0 Å². The highest BCUT2D eigenvalue weighted by atomic mass is 19.4. The first-order valence-corrected chi connectivity index (χ1v) is 12.2. The first kappa shape index (κ1) is 32.8. The first-order valence-electron chi connectivity index (χ1n) is 12.2. The van der Waals surface area contributed by atoms with Gasteiger partial charge in [0.05, 0.1) is 12.8 Å². The highest BCUT2D eigenvalue weighted by Crippen LogP contribution is 2.41. The summed E-state index contributed by atoms with van der Waals surface area (Å²) in [5.41, 5.74) is 3.11. The van der Waals surface area contributed by atoms with Crippen LogP contribution in [0.3, 0.4) is 0 Å². The summed E-state index contributed by atoms with van der Waals surface area (Å²) >= 11 is 0. The molecule has 2 aliphatic rings. The molecule has 0 amide bonds. The number of carboxylic acids is 2. The number of carbonyl (C=O) groups is 2. The predicted molar refractivity (Wildman–Crippen MR) is 131 cm³/mol. The topological polar surface area (TPSA) is 103 Å². The summed E-state index contributed by atoms with van der Waals surface area (Å²) in [5, 5.41) is 14.2. The molecule has 2 aromatic rings. The fourth-order valence-corrected chi connectivity index (χ4v) is 4.47. The van der Waals surface area contributed by atoms with Crippen molar-refractivity contribution in [2.75, 3.05) is 33.3 Å².